The molecule has 3 aromatic rings. The molecule has 1 aliphatic rings. The lowest BCUT2D eigenvalue weighted by atomic mass is 10.2. The summed E-state index contributed by atoms with van der Waals surface area (Å²) in [5.74, 6) is 0.630. The molecule has 1 N–H and O–H groups in total. The summed E-state index contributed by atoms with van der Waals surface area (Å²) in [7, 11) is 0. The van der Waals surface area contributed by atoms with Crippen LogP contribution in [0.5, 0.6) is 0 Å². The summed E-state index contributed by atoms with van der Waals surface area (Å²) < 4.78 is 1.73. The normalized spacial score (nSPS) is 14.9. The molecule has 1 fully saturated rings. The number of aromatic amines is 1. The molecule has 0 atom stereocenters. The third-order valence-electron chi connectivity index (χ3n) is 4.14. The van der Waals surface area contributed by atoms with E-state index in [-0.39, 0.29) is 5.56 Å². The molecule has 1 aliphatic heterocycles. The zero-order valence-corrected chi connectivity index (χ0v) is 12.4. The Labute approximate surface area is 127 Å². The highest BCUT2D eigenvalue weighted by Gasteiger charge is 2.17. The van der Waals surface area contributed by atoms with Crippen molar-refractivity contribution in [3.05, 3.63) is 46.4 Å². The van der Waals surface area contributed by atoms with Crippen LogP contribution in [-0.2, 0) is 0 Å². The third-order valence-corrected chi connectivity index (χ3v) is 4.14. The highest BCUT2D eigenvalue weighted by atomic mass is 16.1. The van der Waals surface area contributed by atoms with E-state index in [1.54, 1.807) is 10.9 Å². The molecule has 4 rings (SSSR count). The van der Waals surface area contributed by atoms with Crippen LogP contribution >= 0.6 is 0 Å². The number of para-hydroxylation sites is 1. The van der Waals surface area contributed by atoms with Crippen molar-refractivity contribution in [2.75, 3.05) is 18.0 Å². The van der Waals surface area contributed by atoms with Crippen LogP contribution in [0.3, 0.4) is 0 Å². The van der Waals surface area contributed by atoms with Crippen LogP contribution in [0.15, 0.2) is 35.3 Å². The van der Waals surface area contributed by atoms with Gasteiger partial charge in [-0.2, -0.15) is 4.98 Å². The van der Waals surface area contributed by atoms with E-state index < -0.39 is 0 Å². The monoisotopic (exact) mass is 295 g/mol. The summed E-state index contributed by atoms with van der Waals surface area (Å²) in [5.41, 5.74) is 2.43. The first-order valence-corrected chi connectivity index (χ1v) is 7.53. The lowest BCUT2D eigenvalue weighted by molar-refractivity contribution is 0.870. The minimum absolute atomic E-state index is 0.133. The summed E-state index contributed by atoms with van der Waals surface area (Å²) >= 11 is 0. The van der Waals surface area contributed by atoms with Crippen molar-refractivity contribution in [3.8, 4) is 5.69 Å². The predicted molar refractivity (Wildman–Crippen MR) is 85.7 cm³/mol. The Morgan fingerprint density at radius 1 is 1.18 bits per heavy atom. The maximum atomic E-state index is 12.3. The molecule has 0 amide bonds. The van der Waals surface area contributed by atoms with Gasteiger partial charge in [0.1, 0.15) is 5.39 Å². The van der Waals surface area contributed by atoms with Crippen LogP contribution < -0.4 is 10.5 Å². The quantitative estimate of drug-likeness (QED) is 0.785. The minimum Gasteiger partial charge on any atom is -0.342 e. The molecule has 3 heterocycles. The average molecular weight is 295 g/mol. The van der Waals surface area contributed by atoms with Gasteiger partial charge in [-0.15, -0.1) is 5.10 Å². The molecule has 112 valence electrons. The maximum absolute atomic E-state index is 12.3. The number of aromatic nitrogens is 4. The van der Waals surface area contributed by atoms with Gasteiger partial charge in [0.15, 0.2) is 5.65 Å². The van der Waals surface area contributed by atoms with Crippen molar-refractivity contribution >= 4 is 17.0 Å². The van der Waals surface area contributed by atoms with Gasteiger partial charge in [0.2, 0.25) is 5.95 Å². The van der Waals surface area contributed by atoms with Gasteiger partial charge in [0.25, 0.3) is 5.56 Å². The largest absolute Gasteiger partial charge is 0.342 e. The summed E-state index contributed by atoms with van der Waals surface area (Å²) in [5, 5.41) is 5.02. The van der Waals surface area contributed by atoms with E-state index in [2.05, 4.69) is 20.0 Å². The van der Waals surface area contributed by atoms with Crippen molar-refractivity contribution in [3.63, 3.8) is 0 Å². The first-order valence-electron chi connectivity index (χ1n) is 7.53. The van der Waals surface area contributed by atoms with E-state index in [0.717, 1.165) is 37.2 Å². The van der Waals surface area contributed by atoms with Crippen LogP contribution in [0.4, 0.5) is 5.95 Å². The standard InChI is InChI=1S/C16H17N5O/c1-11-6-2-3-7-13(11)21-10-12-14(19-21)17-16(18-15(12)22)20-8-4-5-9-20/h2-3,6-7,10H,4-5,8-9H2,1H3,(H,17,18,19,22). The molecule has 0 bridgehead atoms. The van der Waals surface area contributed by atoms with Crippen LogP contribution in [0.1, 0.15) is 18.4 Å². The molecule has 6 heteroatoms. The fourth-order valence-electron chi connectivity index (χ4n) is 2.93. The fraction of sp³-hybridized carbons (Fsp3) is 0.312. The minimum atomic E-state index is -0.133. The molecule has 0 unspecified atom stereocenters. The second-order valence-electron chi connectivity index (χ2n) is 5.68. The Balaban J connectivity index is 1.85. The van der Waals surface area contributed by atoms with E-state index in [0.29, 0.717) is 17.0 Å². The topological polar surface area (TPSA) is 66.8 Å². The van der Waals surface area contributed by atoms with Crippen LogP contribution in [-0.4, -0.2) is 32.8 Å². The summed E-state index contributed by atoms with van der Waals surface area (Å²) in [4.78, 5) is 21.8. The number of nitrogens with one attached hydrogen (secondary N) is 1. The molecule has 0 radical (unpaired) electrons. The molecule has 1 aromatic carbocycles. The number of H-pyrrole nitrogens is 1. The molecule has 0 saturated carbocycles. The van der Waals surface area contributed by atoms with Gasteiger partial charge >= 0.3 is 0 Å². The molecule has 0 aliphatic carbocycles. The summed E-state index contributed by atoms with van der Waals surface area (Å²) in [6.07, 6.45) is 4.02. The Kier molecular flexibility index (Phi) is 2.96. The first-order chi connectivity index (χ1) is 10.7. The van der Waals surface area contributed by atoms with Gasteiger partial charge in [0, 0.05) is 19.3 Å². The van der Waals surface area contributed by atoms with Gasteiger partial charge in [-0.1, -0.05) is 18.2 Å². The Bertz CT molecular complexity index is 889. The molecule has 22 heavy (non-hydrogen) atoms. The first kappa shape index (κ1) is 13.1. The van der Waals surface area contributed by atoms with Crippen LogP contribution in [0.2, 0.25) is 0 Å². The Morgan fingerprint density at radius 2 is 1.95 bits per heavy atom. The predicted octanol–water partition coefficient (Wildman–Crippen LogP) is 2.02. The lowest BCUT2D eigenvalue weighted by Crippen LogP contribution is -2.23. The number of fused-ring (bicyclic) bond motifs is 1. The zero-order chi connectivity index (χ0) is 15.1. The third kappa shape index (κ3) is 2.07. The number of rotatable bonds is 2. The summed E-state index contributed by atoms with van der Waals surface area (Å²) in [6.45, 7) is 3.90. The van der Waals surface area contributed by atoms with Crippen molar-refractivity contribution in [1.82, 2.24) is 19.7 Å². The molecule has 2 aromatic heterocycles. The number of benzene rings is 1. The van der Waals surface area contributed by atoms with Gasteiger partial charge in [-0.05, 0) is 31.4 Å². The SMILES string of the molecule is Cc1ccccc1-n1cc2c(=O)[nH]c(N3CCCC3)nc2n1. The Hall–Kier alpha value is -2.63. The molecule has 0 spiro atoms. The van der Waals surface area contributed by atoms with Gasteiger partial charge in [-0.3, -0.25) is 9.78 Å². The number of anilines is 1. The van der Waals surface area contributed by atoms with E-state index in [1.165, 1.54) is 0 Å². The van der Waals surface area contributed by atoms with E-state index in [9.17, 15) is 4.79 Å². The lowest BCUT2D eigenvalue weighted by Gasteiger charge is -2.14. The van der Waals surface area contributed by atoms with Gasteiger partial charge in [-0.25, -0.2) is 4.68 Å². The van der Waals surface area contributed by atoms with Crippen molar-refractivity contribution in [1.29, 1.82) is 0 Å². The van der Waals surface area contributed by atoms with Gasteiger partial charge < -0.3 is 4.90 Å². The molecular weight excluding hydrogens is 278 g/mol. The highest BCUT2D eigenvalue weighted by molar-refractivity contribution is 5.74. The van der Waals surface area contributed by atoms with E-state index in [1.807, 2.05) is 31.2 Å². The van der Waals surface area contributed by atoms with E-state index >= 15 is 0 Å². The second kappa shape index (κ2) is 4.98. The Morgan fingerprint density at radius 3 is 2.73 bits per heavy atom. The molecule has 1 saturated heterocycles. The van der Waals surface area contributed by atoms with E-state index in [4.69, 9.17) is 0 Å². The van der Waals surface area contributed by atoms with Crippen molar-refractivity contribution in [2.45, 2.75) is 19.8 Å². The second-order valence-corrected chi connectivity index (χ2v) is 5.68. The number of aryl methyl sites for hydroxylation is 1. The summed E-state index contributed by atoms with van der Waals surface area (Å²) in [6, 6.07) is 7.95. The van der Waals surface area contributed by atoms with Gasteiger partial charge in [0.05, 0.1) is 5.69 Å². The molecular formula is C16H17N5O. The number of hydrogen-bond donors (Lipinski definition) is 1. The van der Waals surface area contributed by atoms with Crippen LogP contribution in [0, 0.1) is 6.92 Å². The van der Waals surface area contributed by atoms with Crippen molar-refractivity contribution in [2.24, 2.45) is 0 Å². The molecule has 6 nitrogen and oxygen atoms in total. The number of nitrogens with zero attached hydrogens (tertiary/aromatic N) is 4. The average Bonchev–Trinajstić information content (AvgIpc) is 3.17. The maximum Gasteiger partial charge on any atom is 0.263 e. The number of hydrogen-bond acceptors (Lipinski definition) is 4. The fourth-order valence-corrected chi connectivity index (χ4v) is 2.93. The van der Waals surface area contributed by atoms with Crippen molar-refractivity contribution < 1.29 is 0 Å². The zero-order valence-electron chi connectivity index (χ0n) is 12.4. The highest BCUT2D eigenvalue weighted by Crippen LogP contribution is 2.18. The van der Waals surface area contributed by atoms with Crippen LogP contribution in [0.25, 0.3) is 16.7 Å². The smallest absolute Gasteiger partial charge is 0.263 e.